The van der Waals surface area contributed by atoms with Crippen molar-refractivity contribution in [3.63, 3.8) is 0 Å². The topological polar surface area (TPSA) is 24.4 Å². The van der Waals surface area contributed by atoms with Crippen LogP contribution in [0.1, 0.15) is 45.4 Å². The Morgan fingerprint density at radius 1 is 1.10 bits per heavy atom. The summed E-state index contributed by atoms with van der Waals surface area (Å²) in [4.78, 5) is 5.21. The summed E-state index contributed by atoms with van der Waals surface area (Å²) in [5.41, 5.74) is 1.45. The van der Waals surface area contributed by atoms with Gasteiger partial charge in [-0.1, -0.05) is 12.1 Å². The van der Waals surface area contributed by atoms with E-state index in [1.807, 2.05) is 0 Å². The zero-order valence-corrected chi connectivity index (χ0v) is 14.8. The van der Waals surface area contributed by atoms with Gasteiger partial charge in [0.15, 0.2) is 0 Å². The first-order valence-corrected chi connectivity index (χ1v) is 9.28. The van der Waals surface area contributed by atoms with Gasteiger partial charge in [-0.3, -0.25) is 4.99 Å². The summed E-state index contributed by atoms with van der Waals surface area (Å²) >= 11 is 2.38. The van der Waals surface area contributed by atoms with E-state index in [-0.39, 0.29) is 5.54 Å². The van der Waals surface area contributed by atoms with Crippen LogP contribution in [0, 0.1) is 21.3 Å². The first-order chi connectivity index (χ1) is 10.1. The lowest BCUT2D eigenvalue weighted by Crippen LogP contribution is -2.49. The molecule has 1 N–H and O–H groups in total. The van der Waals surface area contributed by atoms with Crippen molar-refractivity contribution in [1.82, 2.24) is 0 Å². The van der Waals surface area contributed by atoms with Gasteiger partial charge in [-0.05, 0) is 97.9 Å². The van der Waals surface area contributed by atoms with Gasteiger partial charge in [-0.25, -0.2) is 0 Å². The standard InChI is InChI=1S/C18H23IN2/c1-12(20-17-5-3-2-4-16(17)19)21-18-9-13-6-14(10-18)8-15(7-13)11-18/h2-5,13-15H,6-11H2,1H3,(H,20,21). The van der Waals surface area contributed by atoms with Gasteiger partial charge in [0.1, 0.15) is 0 Å². The van der Waals surface area contributed by atoms with E-state index < -0.39 is 0 Å². The fourth-order valence-corrected chi connectivity index (χ4v) is 5.87. The fraction of sp³-hybridized carbons (Fsp3) is 0.611. The molecule has 0 spiro atoms. The number of anilines is 1. The van der Waals surface area contributed by atoms with Crippen molar-refractivity contribution in [2.45, 2.75) is 51.0 Å². The Hall–Kier alpha value is -0.580. The smallest absolute Gasteiger partial charge is 0.0982 e. The molecule has 4 aliphatic rings. The van der Waals surface area contributed by atoms with Crippen molar-refractivity contribution in [3.05, 3.63) is 27.8 Å². The second-order valence-corrected chi connectivity index (χ2v) is 8.61. The number of rotatable bonds is 2. The van der Waals surface area contributed by atoms with E-state index >= 15 is 0 Å². The van der Waals surface area contributed by atoms with E-state index in [4.69, 9.17) is 4.99 Å². The molecule has 1 aromatic carbocycles. The molecule has 0 amide bonds. The molecule has 0 atom stereocenters. The monoisotopic (exact) mass is 394 g/mol. The minimum atomic E-state index is 0.270. The van der Waals surface area contributed by atoms with Crippen LogP contribution >= 0.6 is 22.6 Å². The number of aliphatic imine (C=N–C) groups is 1. The zero-order chi connectivity index (χ0) is 14.4. The molecule has 0 unspecified atom stereocenters. The van der Waals surface area contributed by atoms with Gasteiger partial charge in [0.05, 0.1) is 17.1 Å². The van der Waals surface area contributed by atoms with Crippen molar-refractivity contribution < 1.29 is 0 Å². The third-order valence-electron chi connectivity index (χ3n) is 5.60. The molecule has 1 aromatic rings. The number of para-hydroxylation sites is 1. The average molecular weight is 394 g/mol. The molecule has 0 heterocycles. The molecule has 4 saturated carbocycles. The van der Waals surface area contributed by atoms with Crippen molar-refractivity contribution >= 4 is 34.1 Å². The predicted molar refractivity (Wildman–Crippen MR) is 96.8 cm³/mol. The zero-order valence-electron chi connectivity index (χ0n) is 12.6. The third-order valence-corrected chi connectivity index (χ3v) is 6.54. The molecule has 21 heavy (non-hydrogen) atoms. The molecular weight excluding hydrogens is 371 g/mol. The lowest BCUT2D eigenvalue weighted by molar-refractivity contribution is 0.00167. The molecular formula is C18H23IN2. The quantitative estimate of drug-likeness (QED) is 0.422. The molecule has 0 radical (unpaired) electrons. The summed E-state index contributed by atoms with van der Waals surface area (Å²) in [6, 6.07) is 8.45. The number of hydrogen-bond acceptors (Lipinski definition) is 1. The number of benzene rings is 1. The van der Waals surface area contributed by atoms with E-state index in [0.29, 0.717) is 0 Å². The summed E-state index contributed by atoms with van der Waals surface area (Å²) in [5, 5.41) is 3.53. The molecule has 4 aliphatic carbocycles. The summed E-state index contributed by atoms with van der Waals surface area (Å²) in [6.07, 6.45) is 8.46. The first kappa shape index (κ1) is 14.0. The highest BCUT2D eigenvalue weighted by molar-refractivity contribution is 14.1. The van der Waals surface area contributed by atoms with Crippen molar-refractivity contribution in [2.24, 2.45) is 22.7 Å². The van der Waals surface area contributed by atoms with Gasteiger partial charge in [0.25, 0.3) is 0 Å². The Morgan fingerprint density at radius 3 is 2.24 bits per heavy atom. The maximum atomic E-state index is 5.21. The van der Waals surface area contributed by atoms with Gasteiger partial charge in [0, 0.05) is 3.57 Å². The van der Waals surface area contributed by atoms with E-state index in [0.717, 1.165) is 23.6 Å². The van der Waals surface area contributed by atoms with Crippen LogP contribution in [-0.4, -0.2) is 11.4 Å². The van der Waals surface area contributed by atoms with Crippen molar-refractivity contribution in [3.8, 4) is 0 Å². The molecule has 112 valence electrons. The molecule has 4 fully saturated rings. The van der Waals surface area contributed by atoms with Crippen LogP contribution in [-0.2, 0) is 0 Å². The van der Waals surface area contributed by atoms with Crippen LogP contribution in [0.5, 0.6) is 0 Å². The largest absolute Gasteiger partial charge is 0.343 e. The van der Waals surface area contributed by atoms with E-state index in [2.05, 4.69) is 59.1 Å². The Kier molecular flexibility index (Phi) is 3.51. The SMILES string of the molecule is CC(=NC12CC3CC(CC(C3)C1)C2)Nc1ccccc1I. The van der Waals surface area contributed by atoms with Crippen LogP contribution in [0.4, 0.5) is 5.69 Å². The summed E-state index contributed by atoms with van der Waals surface area (Å²) in [7, 11) is 0. The third kappa shape index (κ3) is 2.73. The Balaban J connectivity index is 1.55. The Labute approximate surface area is 141 Å². The summed E-state index contributed by atoms with van der Waals surface area (Å²) < 4.78 is 1.26. The Morgan fingerprint density at radius 2 is 1.67 bits per heavy atom. The number of amidine groups is 1. The normalized spacial score (nSPS) is 37.8. The summed E-state index contributed by atoms with van der Waals surface area (Å²) in [6.45, 7) is 2.14. The van der Waals surface area contributed by atoms with Crippen LogP contribution in [0.25, 0.3) is 0 Å². The second kappa shape index (κ2) is 5.25. The van der Waals surface area contributed by atoms with Gasteiger partial charge < -0.3 is 5.32 Å². The minimum absolute atomic E-state index is 0.270. The first-order valence-electron chi connectivity index (χ1n) is 8.20. The molecule has 0 saturated heterocycles. The van der Waals surface area contributed by atoms with Crippen LogP contribution < -0.4 is 5.32 Å². The molecule has 2 nitrogen and oxygen atoms in total. The lowest BCUT2D eigenvalue weighted by atomic mass is 9.53. The molecule has 3 heteroatoms. The summed E-state index contributed by atoms with van der Waals surface area (Å²) in [5.74, 6) is 3.99. The average Bonchev–Trinajstić information content (AvgIpc) is 2.39. The van der Waals surface area contributed by atoms with Crippen molar-refractivity contribution in [2.75, 3.05) is 5.32 Å². The van der Waals surface area contributed by atoms with E-state index in [1.165, 1.54) is 47.8 Å². The highest BCUT2D eigenvalue weighted by Gasteiger charge is 2.50. The number of nitrogens with one attached hydrogen (secondary N) is 1. The maximum absolute atomic E-state index is 5.21. The lowest BCUT2D eigenvalue weighted by Gasteiger charge is -2.55. The van der Waals surface area contributed by atoms with Gasteiger partial charge in [0.2, 0.25) is 0 Å². The highest BCUT2D eigenvalue weighted by atomic mass is 127. The molecule has 0 aromatic heterocycles. The van der Waals surface area contributed by atoms with Gasteiger partial charge in [-0.2, -0.15) is 0 Å². The van der Waals surface area contributed by atoms with E-state index in [9.17, 15) is 0 Å². The maximum Gasteiger partial charge on any atom is 0.0982 e. The van der Waals surface area contributed by atoms with Crippen molar-refractivity contribution in [1.29, 1.82) is 0 Å². The molecule has 4 bridgehead atoms. The number of hydrogen-bond donors (Lipinski definition) is 1. The molecule has 0 aliphatic heterocycles. The number of halogens is 1. The van der Waals surface area contributed by atoms with Crippen LogP contribution in [0.15, 0.2) is 29.3 Å². The van der Waals surface area contributed by atoms with Gasteiger partial charge >= 0.3 is 0 Å². The van der Waals surface area contributed by atoms with E-state index in [1.54, 1.807) is 0 Å². The highest BCUT2D eigenvalue weighted by Crippen LogP contribution is 2.57. The second-order valence-electron chi connectivity index (χ2n) is 7.44. The fourth-order valence-electron chi connectivity index (χ4n) is 5.34. The Bertz CT molecular complexity index is 543. The van der Waals surface area contributed by atoms with Crippen LogP contribution in [0.2, 0.25) is 0 Å². The van der Waals surface area contributed by atoms with Gasteiger partial charge in [-0.15, -0.1) is 0 Å². The molecule has 5 rings (SSSR count). The van der Waals surface area contributed by atoms with Crippen LogP contribution in [0.3, 0.4) is 0 Å². The minimum Gasteiger partial charge on any atom is -0.343 e. The predicted octanol–water partition coefficient (Wildman–Crippen LogP) is 5.09. The number of nitrogens with zero attached hydrogens (tertiary/aromatic N) is 1.